The van der Waals surface area contributed by atoms with E-state index >= 15 is 0 Å². The van der Waals surface area contributed by atoms with Crippen LogP contribution in [0.2, 0.25) is 0 Å². The largest absolute Gasteiger partial charge is 0.586 e. The fourth-order valence-corrected chi connectivity index (χ4v) is 2.68. The van der Waals surface area contributed by atoms with Crippen molar-refractivity contribution in [1.82, 2.24) is 4.31 Å². The van der Waals surface area contributed by atoms with Crippen molar-refractivity contribution in [3.63, 3.8) is 0 Å². The first-order valence-corrected chi connectivity index (χ1v) is 6.64. The highest BCUT2D eigenvalue weighted by molar-refractivity contribution is 7.89. The molecule has 1 aromatic rings. The summed E-state index contributed by atoms with van der Waals surface area (Å²) in [6, 6.07) is 2.89. The zero-order chi connectivity index (χ0) is 15.1. The normalized spacial score (nSPS) is 16.4. The number of nitrogens with zero attached hydrogens (tertiary/aromatic N) is 1. The maximum Gasteiger partial charge on any atom is 0.586 e. The van der Waals surface area contributed by atoms with Gasteiger partial charge in [0.25, 0.3) is 0 Å². The molecule has 0 atom stereocenters. The van der Waals surface area contributed by atoms with Gasteiger partial charge in [-0.15, -0.1) is 8.78 Å². The van der Waals surface area contributed by atoms with Gasteiger partial charge >= 0.3 is 12.3 Å². The van der Waals surface area contributed by atoms with Crippen molar-refractivity contribution in [2.75, 3.05) is 13.6 Å². The van der Waals surface area contributed by atoms with Gasteiger partial charge in [0, 0.05) is 13.1 Å². The summed E-state index contributed by atoms with van der Waals surface area (Å²) in [4.78, 5) is 10.1. The second-order valence-corrected chi connectivity index (χ2v) is 5.98. The van der Waals surface area contributed by atoms with Crippen molar-refractivity contribution < 1.29 is 36.6 Å². The molecule has 1 heterocycles. The highest BCUT2D eigenvalue weighted by atomic mass is 32.2. The lowest BCUT2D eigenvalue weighted by atomic mass is 10.3. The van der Waals surface area contributed by atoms with Gasteiger partial charge < -0.3 is 14.6 Å². The van der Waals surface area contributed by atoms with Gasteiger partial charge in [0.15, 0.2) is 11.5 Å². The molecule has 0 spiro atoms. The Kier molecular flexibility index (Phi) is 3.30. The van der Waals surface area contributed by atoms with Gasteiger partial charge in [-0.25, -0.2) is 8.42 Å². The summed E-state index contributed by atoms with van der Waals surface area (Å²) in [6.45, 7) is -0.757. The first kappa shape index (κ1) is 14.5. The Morgan fingerprint density at radius 3 is 2.55 bits per heavy atom. The minimum absolute atomic E-state index is 0.296. The second-order valence-electron chi connectivity index (χ2n) is 3.93. The molecule has 0 amide bonds. The lowest BCUT2D eigenvalue weighted by molar-refractivity contribution is -0.286. The van der Waals surface area contributed by atoms with Crippen LogP contribution in [0.3, 0.4) is 0 Å². The average Bonchev–Trinajstić information content (AvgIpc) is 2.60. The van der Waals surface area contributed by atoms with E-state index in [1.807, 2.05) is 0 Å². The monoisotopic (exact) mass is 309 g/mol. The highest BCUT2D eigenvalue weighted by Gasteiger charge is 2.44. The molecule has 7 nitrogen and oxygen atoms in total. The summed E-state index contributed by atoms with van der Waals surface area (Å²) in [7, 11) is -3.06. The Bertz CT molecular complexity index is 660. The third-order valence-corrected chi connectivity index (χ3v) is 4.24. The van der Waals surface area contributed by atoms with Crippen LogP contribution in [0.1, 0.15) is 0 Å². The summed E-state index contributed by atoms with van der Waals surface area (Å²) >= 11 is 0. The van der Waals surface area contributed by atoms with Gasteiger partial charge in [0.1, 0.15) is 6.54 Å². The summed E-state index contributed by atoms with van der Waals surface area (Å²) in [6.07, 6.45) is -3.85. The highest BCUT2D eigenvalue weighted by Crippen LogP contribution is 2.42. The minimum Gasteiger partial charge on any atom is -0.480 e. The lowest BCUT2D eigenvalue weighted by Gasteiger charge is -2.14. The molecule has 0 saturated carbocycles. The van der Waals surface area contributed by atoms with Crippen LogP contribution in [0, 0.1) is 0 Å². The number of carboxylic acids is 1. The standard InChI is InChI=1S/C10H9F2NO6S/c1-13(5-9(14)15)20(16,17)6-2-3-7-8(4-6)19-10(11,12)18-7/h2-4H,5H2,1H3,(H,14,15). The van der Waals surface area contributed by atoms with Crippen molar-refractivity contribution in [2.45, 2.75) is 11.2 Å². The molecule has 110 valence electrons. The molecule has 20 heavy (non-hydrogen) atoms. The van der Waals surface area contributed by atoms with E-state index in [2.05, 4.69) is 9.47 Å². The van der Waals surface area contributed by atoms with Crippen molar-refractivity contribution in [1.29, 1.82) is 0 Å². The summed E-state index contributed by atoms with van der Waals surface area (Å²) < 4.78 is 58.5. The van der Waals surface area contributed by atoms with Crippen LogP contribution >= 0.6 is 0 Å². The Morgan fingerprint density at radius 1 is 1.35 bits per heavy atom. The van der Waals surface area contributed by atoms with E-state index in [-0.39, 0.29) is 10.6 Å². The molecule has 1 N–H and O–H groups in total. The molecule has 0 aromatic heterocycles. The van der Waals surface area contributed by atoms with E-state index < -0.39 is 34.6 Å². The Hall–Kier alpha value is -1.94. The van der Waals surface area contributed by atoms with Crippen LogP contribution in [0.4, 0.5) is 8.78 Å². The van der Waals surface area contributed by atoms with E-state index in [4.69, 9.17) is 5.11 Å². The number of hydrogen-bond acceptors (Lipinski definition) is 5. The number of likely N-dealkylation sites (N-methyl/N-ethyl adjacent to an activating group) is 1. The number of hydrogen-bond donors (Lipinski definition) is 1. The first-order valence-electron chi connectivity index (χ1n) is 5.20. The molecule has 1 aromatic carbocycles. The van der Waals surface area contributed by atoms with Crippen LogP contribution < -0.4 is 9.47 Å². The molecular weight excluding hydrogens is 300 g/mol. The number of ether oxygens (including phenoxy) is 2. The summed E-state index contributed by atoms with van der Waals surface area (Å²) in [5.74, 6) is -2.07. The smallest absolute Gasteiger partial charge is 0.480 e. The number of sulfonamides is 1. The van der Waals surface area contributed by atoms with E-state index in [1.165, 1.54) is 0 Å². The number of fused-ring (bicyclic) bond motifs is 1. The molecule has 10 heteroatoms. The molecule has 0 fully saturated rings. The zero-order valence-electron chi connectivity index (χ0n) is 10.0. The Labute approximate surface area is 112 Å². The predicted molar refractivity (Wildman–Crippen MR) is 60.1 cm³/mol. The fourth-order valence-electron chi connectivity index (χ4n) is 1.55. The van der Waals surface area contributed by atoms with Gasteiger partial charge in [0.05, 0.1) is 4.90 Å². The van der Waals surface area contributed by atoms with Crippen molar-refractivity contribution in [3.05, 3.63) is 18.2 Å². The van der Waals surface area contributed by atoms with Gasteiger partial charge in [-0.1, -0.05) is 0 Å². The maximum atomic E-state index is 12.8. The van der Waals surface area contributed by atoms with Gasteiger partial charge in [0.2, 0.25) is 10.0 Å². The van der Waals surface area contributed by atoms with Crippen molar-refractivity contribution in [2.24, 2.45) is 0 Å². The van der Waals surface area contributed by atoms with Crippen LogP contribution in [-0.2, 0) is 14.8 Å². The first-order chi connectivity index (χ1) is 9.12. The number of rotatable bonds is 4. The predicted octanol–water partition coefficient (Wildman–Crippen LogP) is 0.713. The number of halogens is 2. The molecule has 0 unspecified atom stereocenters. The van der Waals surface area contributed by atoms with Gasteiger partial charge in [-0.2, -0.15) is 4.31 Å². The molecule has 2 rings (SSSR count). The van der Waals surface area contributed by atoms with Crippen LogP contribution in [0.15, 0.2) is 23.1 Å². The van der Waals surface area contributed by atoms with E-state index in [1.54, 1.807) is 0 Å². The van der Waals surface area contributed by atoms with Gasteiger partial charge in [-0.05, 0) is 12.1 Å². The molecule has 1 aliphatic heterocycles. The summed E-state index contributed by atoms with van der Waals surface area (Å²) in [5.41, 5.74) is 0. The SMILES string of the molecule is CN(CC(=O)O)S(=O)(=O)c1ccc2c(c1)OC(F)(F)O2. The molecule has 0 bridgehead atoms. The quantitative estimate of drug-likeness (QED) is 0.880. The Morgan fingerprint density at radius 2 is 1.95 bits per heavy atom. The third kappa shape index (κ3) is 2.65. The number of benzene rings is 1. The zero-order valence-corrected chi connectivity index (χ0v) is 10.9. The molecule has 0 saturated heterocycles. The maximum absolute atomic E-state index is 12.8. The van der Waals surface area contributed by atoms with Crippen LogP contribution in [0.5, 0.6) is 11.5 Å². The lowest BCUT2D eigenvalue weighted by Crippen LogP contribution is -2.32. The van der Waals surface area contributed by atoms with E-state index in [9.17, 15) is 22.0 Å². The average molecular weight is 309 g/mol. The molecule has 0 aliphatic carbocycles. The second kappa shape index (κ2) is 4.56. The number of alkyl halides is 2. The third-order valence-electron chi connectivity index (χ3n) is 2.44. The van der Waals surface area contributed by atoms with Crippen LogP contribution in [0.25, 0.3) is 0 Å². The van der Waals surface area contributed by atoms with Crippen molar-refractivity contribution in [3.8, 4) is 11.5 Å². The number of carbonyl (C=O) groups is 1. The fraction of sp³-hybridized carbons (Fsp3) is 0.300. The van der Waals surface area contributed by atoms with E-state index in [0.29, 0.717) is 4.31 Å². The number of aliphatic carboxylic acids is 1. The summed E-state index contributed by atoms with van der Waals surface area (Å²) in [5, 5.41) is 8.57. The molecule has 0 radical (unpaired) electrons. The number of carboxylic acid groups (broad SMARTS) is 1. The van der Waals surface area contributed by atoms with Gasteiger partial charge in [-0.3, -0.25) is 4.79 Å². The Balaban J connectivity index is 2.34. The van der Waals surface area contributed by atoms with Crippen LogP contribution in [-0.4, -0.2) is 43.7 Å². The molecular formula is C10H9F2NO6S. The van der Waals surface area contributed by atoms with Crippen molar-refractivity contribution >= 4 is 16.0 Å². The topological polar surface area (TPSA) is 93.1 Å². The molecule has 1 aliphatic rings. The minimum atomic E-state index is -4.12. The van der Waals surface area contributed by atoms with E-state index in [0.717, 1.165) is 25.2 Å².